The second kappa shape index (κ2) is 5.91. The zero-order valence-corrected chi connectivity index (χ0v) is 10.9. The molecule has 1 saturated heterocycles. The fraction of sp³-hybridized carbons (Fsp3) is 0.500. The first kappa shape index (κ1) is 13.0. The fourth-order valence-electron chi connectivity index (χ4n) is 1.92. The predicted octanol–water partition coefficient (Wildman–Crippen LogP) is 2.44. The van der Waals surface area contributed by atoms with E-state index >= 15 is 0 Å². The lowest BCUT2D eigenvalue weighted by molar-refractivity contribution is 0.167. The molecule has 0 unspecified atom stereocenters. The zero-order valence-electron chi connectivity index (χ0n) is 9.40. The molecule has 2 rings (SSSR count). The van der Waals surface area contributed by atoms with Crippen LogP contribution in [0, 0.1) is 0 Å². The first-order valence-electron chi connectivity index (χ1n) is 5.63. The normalized spacial score (nSPS) is 20.8. The Kier molecular flexibility index (Phi) is 4.51. The van der Waals surface area contributed by atoms with E-state index in [2.05, 4.69) is 4.90 Å². The Labute approximate surface area is 111 Å². The van der Waals surface area contributed by atoms with Crippen molar-refractivity contribution in [1.29, 1.82) is 0 Å². The van der Waals surface area contributed by atoms with E-state index < -0.39 is 0 Å². The van der Waals surface area contributed by atoms with Gasteiger partial charge in [-0.1, -0.05) is 23.2 Å². The molecule has 0 bridgehead atoms. The number of nitrogens with zero attached hydrogens (tertiary/aromatic N) is 1. The van der Waals surface area contributed by atoms with Crippen LogP contribution in [0.1, 0.15) is 6.42 Å². The van der Waals surface area contributed by atoms with Gasteiger partial charge in [-0.2, -0.15) is 0 Å². The molecule has 1 aromatic carbocycles. The van der Waals surface area contributed by atoms with Crippen molar-refractivity contribution in [3.8, 4) is 5.75 Å². The molecule has 0 amide bonds. The molecule has 1 aliphatic rings. The number of ether oxygens (including phenoxy) is 1. The quantitative estimate of drug-likeness (QED) is 0.916. The van der Waals surface area contributed by atoms with Gasteiger partial charge in [-0.3, -0.25) is 4.90 Å². The molecule has 1 fully saturated rings. The van der Waals surface area contributed by atoms with E-state index in [-0.39, 0.29) is 6.10 Å². The van der Waals surface area contributed by atoms with E-state index in [1.54, 1.807) is 18.2 Å². The van der Waals surface area contributed by atoms with Gasteiger partial charge in [0.1, 0.15) is 12.4 Å². The van der Waals surface area contributed by atoms with Crippen molar-refractivity contribution in [3.05, 3.63) is 28.2 Å². The second-order valence-corrected chi connectivity index (χ2v) is 5.07. The summed E-state index contributed by atoms with van der Waals surface area (Å²) in [4.78, 5) is 2.18. The number of aliphatic hydroxyl groups is 1. The Hall–Kier alpha value is -0.480. The number of rotatable bonds is 4. The highest BCUT2D eigenvalue weighted by Gasteiger charge is 2.19. The summed E-state index contributed by atoms with van der Waals surface area (Å²) in [6.07, 6.45) is 0.666. The lowest BCUT2D eigenvalue weighted by Gasteiger charge is -2.15. The summed E-state index contributed by atoms with van der Waals surface area (Å²) in [5.74, 6) is 0.683. The van der Waals surface area contributed by atoms with E-state index in [4.69, 9.17) is 27.9 Å². The molecule has 0 radical (unpaired) electrons. The van der Waals surface area contributed by atoms with Crippen molar-refractivity contribution in [2.45, 2.75) is 12.5 Å². The third-order valence-electron chi connectivity index (χ3n) is 2.76. The van der Waals surface area contributed by atoms with Gasteiger partial charge in [-0.25, -0.2) is 0 Å². The van der Waals surface area contributed by atoms with Crippen molar-refractivity contribution < 1.29 is 9.84 Å². The Balaban J connectivity index is 1.78. The van der Waals surface area contributed by atoms with Gasteiger partial charge in [0.2, 0.25) is 0 Å². The van der Waals surface area contributed by atoms with Crippen LogP contribution in [-0.2, 0) is 0 Å². The van der Waals surface area contributed by atoms with Crippen molar-refractivity contribution in [2.75, 3.05) is 26.2 Å². The van der Waals surface area contributed by atoms with Crippen LogP contribution in [0.25, 0.3) is 0 Å². The average Bonchev–Trinajstić information content (AvgIpc) is 2.63. The van der Waals surface area contributed by atoms with Crippen LogP contribution in [-0.4, -0.2) is 42.4 Å². The Morgan fingerprint density at radius 3 is 2.59 bits per heavy atom. The van der Waals surface area contributed by atoms with Gasteiger partial charge in [0, 0.05) is 29.7 Å². The number of β-amino-alcohol motifs (C(OH)–C–C–N with tert-alkyl or cyclic N) is 1. The molecule has 5 heteroatoms. The summed E-state index contributed by atoms with van der Waals surface area (Å²) in [6, 6.07) is 5.16. The van der Waals surface area contributed by atoms with E-state index in [1.165, 1.54) is 0 Å². The molecule has 94 valence electrons. The van der Waals surface area contributed by atoms with Crippen LogP contribution in [0.5, 0.6) is 5.75 Å². The molecule has 1 heterocycles. The number of hydrogen-bond donors (Lipinski definition) is 1. The highest BCUT2D eigenvalue weighted by molar-refractivity contribution is 6.34. The number of likely N-dealkylation sites (tertiary alicyclic amines) is 1. The van der Waals surface area contributed by atoms with Gasteiger partial charge in [-0.15, -0.1) is 0 Å². The number of hydrogen-bond acceptors (Lipinski definition) is 3. The summed E-state index contributed by atoms with van der Waals surface area (Å²) in [5.41, 5.74) is 0. The van der Waals surface area contributed by atoms with Gasteiger partial charge in [0.15, 0.2) is 0 Å². The summed E-state index contributed by atoms with van der Waals surface area (Å²) in [7, 11) is 0. The third kappa shape index (κ3) is 4.03. The third-order valence-corrected chi connectivity index (χ3v) is 3.20. The van der Waals surface area contributed by atoms with Crippen LogP contribution in [0.3, 0.4) is 0 Å². The maximum atomic E-state index is 9.37. The molecule has 1 aliphatic heterocycles. The first-order valence-corrected chi connectivity index (χ1v) is 6.38. The molecule has 0 aromatic heterocycles. The van der Waals surface area contributed by atoms with E-state index in [0.717, 1.165) is 26.1 Å². The molecule has 3 nitrogen and oxygen atoms in total. The molecule has 0 aliphatic carbocycles. The first-order chi connectivity index (χ1) is 8.13. The molecule has 1 atom stereocenters. The topological polar surface area (TPSA) is 32.7 Å². The van der Waals surface area contributed by atoms with Crippen molar-refractivity contribution >= 4 is 23.2 Å². The highest BCUT2D eigenvalue weighted by Crippen LogP contribution is 2.24. The zero-order chi connectivity index (χ0) is 12.3. The highest BCUT2D eigenvalue weighted by atomic mass is 35.5. The van der Waals surface area contributed by atoms with Crippen LogP contribution >= 0.6 is 23.2 Å². The largest absolute Gasteiger partial charge is 0.492 e. The standard InChI is InChI=1S/C12H15Cl2NO2/c13-9-5-10(14)7-12(6-9)17-4-3-15-2-1-11(16)8-15/h5-7,11,16H,1-4,8H2/t11-/m0/s1. The van der Waals surface area contributed by atoms with Crippen LogP contribution in [0.2, 0.25) is 10.0 Å². The molecule has 17 heavy (non-hydrogen) atoms. The minimum Gasteiger partial charge on any atom is -0.492 e. The number of aliphatic hydroxyl groups excluding tert-OH is 1. The van der Waals surface area contributed by atoms with Gasteiger partial charge >= 0.3 is 0 Å². The molecule has 0 saturated carbocycles. The van der Waals surface area contributed by atoms with Crippen molar-refractivity contribution in [2.24, 2.45) is 0 Å². The smallest absolute Gasteiger partial charge is 0.122 e. The molecular formula is C12H15Cl2NO2. The van der Waals surface area contributed by atoms with Gasteiger partial charge in [0.25, 0.3) is 0 Å². The lowest BCUT2D eigenvalue weighted by Crippen LogP contribution is -2.27. The minimum absolute atomic E-state index is 0.185. The average molecular weight is 276 g/mol. The number of benzene rings is 1. The molecular weight excluding hydrogens is 261 g/mol. The minimum atomic E-state index is -0.185. The van der Waals surface area contributed by atoms with Gasteiger partial charge in [-0.05, 0) is 24.6 Å². The summed E-state index contributed by atoms with van der Waals surface area (Å²) >= 11 is 11.7. The Bertz CT molecular complexity index is 367. The SMILES string of the molecule is O[C@H]1CCN(CCOc2cc(Cl)cc(Cl)c2)C1. The lowest BCUT2D eigenvalue weighted by atomic mass is 10.3. The Morgan fingerprint density at radius 1 is 1.29 bits per heavy atom. The van der Waals surface area contributed by atoms with Crippen molar-refractivity contribution in [1.82, 2.24) is 4.90 Å². The molecule has 1 aromatic rings. The van der Waals surface area contributed by atoms with Crippen LogP contribution in [0.4, 0.5) is 0 Å². The van der Waals surface area contributed by atoms with Gasteiger partial charge in [0.05, 0.1) is 6.10 Å². The van der Waals surface area contributed by atoms with E-state index in [0.29, 0.717) is 22.4 Å². The van der Waals surface area contributed by atoms with E-state index in [9.17, 15) is 5.11 Å². The maximum absolute atomic E-state index is 9.37. The summed E-state index contributed by atoms with van der Waals surface area (Å²) < 4.78 is 5.57. The number of halogens is 2. The van der Waals surface area contributed by atoms with Crippen LogP contribution in [0.15, 0.2) is 18.2 Å². The fourth-order valence-corrected chi connectivity index (χ4v) is 2.43. The predicted molar refractivity (Wildman–Crippen MR) is 69.0 cm³/mol. The summed E-state index contributed by atoms with van der Waals surface area (Å²) in [5, 5.41) is 10.5. The van der Waals surface area contributed by atoms with E-state index in [1.807, 2.05) is 0 Å². The Morgan fingerprint density at radius 2 is 2.00 bits per heavy atom. The maximum Gasteiger partial charge on any atom is 0.122 e. The monoisotopic (exact) mass is 275 g/mol. The molecule has 0 spiro atoms. The van der Waals surface area contributed by atoms with Gasteiger partial charge < -0.3 is 9.84 Å². The van der Waals surface area contributed by atoms with Crippen LogP contribution < -0.4 is 4.74 Å². The second-order valence-electron chi connectivity index (χ2n) is 4.20. The molecule has 1 N–H and O–H groups in total. The summed E-state index contributed by atoms with van der Waals surface area (Å²) in [6.45, 7) is 3.05. The van der Waals surface area contributed by atoms with Crippen molar-refractivity contribution in [3.63, 3.8) is 0 Å².